The van der Waals surface area contributed by atoms with Crippen molar-refractivity contribution in [2.24, 2.45) is 4.99 Å². The summed E-state index contributed by atoms with van der Waals surface area (Å²) in [5.41, 5.74) is 0.0358. The second-order valence-corrected chi connectivity index (χ2v) is 11.1. The molecule has 34 heavy (non-hydrogen) atoms. The molecule has 0 spiro atoms. The number of guanidine groups is 1. The van der Waals surface area contributed by atoms with Gasteiger partial charge in [0.2, 0.25) is 16.0 Å². The number of nitriles is 1. The Morgan fingerprint density at radius 3 is 2.56 bits per heavy atom. The quantitative estimate of drug-likeness (QED) is 0.253. The van der Waals surface area contributed by atoms with Crippen LogP contribution in [0, 0.1) is 11.5 Å². The number of fused-ring (bicyclic) bond motifs is 1. The topological polar surface area (TPSA) is 127 Å². The van der Waals surface area contributed by atoms with Crippen LogP contribution < -0.4 is 15.4 Å². The third-order valence-electron chi connectivity index (χ3n) is 5.94. The van der Waals surface area contributed by atoms with Crippen LogP contribution in [-0.4, -0.2) is 48.6 Å². The first kappa shape index (κ1) is 24.3. The third-order valence-corrected chi connectivity index (χ3v) is 8.08. The zero-order valence-corrected chi connectivity index (χ0v) is 20.4. The van der Waals surface area contributed by atoms with Gasteiger partial charge in [0, 0.05) is 29.4 Å². The highest BCUT2D eigenvalue weighted by Gasteiger charge is 2.44. The van der Waals surface area contributed by atoms with Crippen LogP contribution in [-0.2, 0) is 10.0 Å². The van der Waals surface area contributed by atoms with Crippen LogP contribution in [0.3, 0.4) is 0 Å². The summed E-state index contributed by atoms with van der Waals surface area (Å²) in [6, 6.07) is 10.5. The molecule has 0 amide bonds. The second kappa shape index (κ2) is 9.43. The van der Waals surface area contributed by atoms with Crippen molar-refractivity contribution in [2.75, 3.05) is 18.4 Å². The van der Waals surface area contributed by atoms with Crippen molar-refractivity contribution in [3.63, 3.8) is 0 Å². The Balaban J connectivity index is 1.76. The van der Waals surface area contributed by atoms with Gasteiger partial charge in [0.1, 0.15) is 23.5 Å². The molecule has 2 atom stereocenters. The lowest BCUT2D eigenvalue weighted by Crippen LogP contribution is -2.49. The van der Waals surface area contributed by atoms with E-state index in [1.54, 1.807) is 44.2 Å². The molecule has 2 aromatic carbocycles. The lowest BCUT2D eigenvalue weighted by atomic mass is 9.87. The van der Waals surface area contributed by atoms with Crippen LogP contribution >= 0.6 is 11.6 Å². The molecule has 2 aliphatic heterocycles. The number of rotatable bonds is 4. The fraction of sp³-hybridized carbons (Fsp3) is 0.391. The summed E-state index contributed by atoms with van der Waals surface area (Å²) >= 11 is 5.94. The number of anilines is 1. The summed E-state index contributed by atoms with van der Waals surface area (Å²) in [5.74, 6) is 0.512. The summed E-state index contributed by atoms with van der Waals surface area (Å²) in [6.45, 7) is 4.41. The number of sulfonamides is 1. The van der Waals surface area contributed by atoms with Gasteiger partial charge in [-0.05, 0) is 69.2 Å². The molecule has 0 aliphatic carbocycles. The van der Waals surface area contributed by atoms with E-state index in [0.29, 0.717) is 35.1 Å². The van der Waals surface area contributed by atoms with E-state index in [-0.39, 0.29) is 10.9 Å². The Kier molecular flexibility index (Phi) is 6.73. The Morgan fingerprint density at radius 2 is 1.91 bits per heavy atom. The van der Waals surface area contributed by atoms with Gasteiger partial charge >= 0.3 is 0 Å². The monoisotopic (exact) mass is 503 g/mol. The molecule has 0 aromatic heterocycles. The molecular formula is C23H26ClN5O4S. The fourth-order valence-corrected chi connectivity index (χ4v) is 5.76. The predicted octanol–water partition coefficient (Wildman–Crippen LogP) is 3.24. The van der Waals surface area contributed by atoms with Crippen LogP contribution in [0.2, 0.25) is 5.02 Å². The van der Waals surface area contributed by atoms with E-state index < -0.39 is 27.8 Å². The lowest BCUT2D eigenvalue weighted by Gasteiger charge is -2.40. The number of aliphatic imine (C=N–C) groups is 1. The van der Waals surface area contributed by atoms with Gasteiger partial charge in [-0.25, -0.2) is 13.4 Å². The third kappa shape index (κ3) is 4.83. The minimum atomic E-state index is -3.68. The van der Waals surface area contributed by atoms with Crippen molar-refractivity contribution >= 4 is 33.3 Å². The Bertz CT molecular complexity index is 1230. The first-order chi connectivity index (χ1) is 16.1. The molecular weight excluding hydrogens is 478 g/mol. The van der Waals surface area contributed by atoms with Crippen molar-refractivity contribution in [1.29, 1.82) is 5.26 Å². The summed E-state index contributed by atoms with van der Waals surface area (Å²) in [7, 11) is -3.68. The summed E-state index contributed by atoms with van der Waals surface area (Å²) in [5, 5.41) is 26.4. The van der Waals surface area contributed by atoms with Crippen LogP contribution in [0.5, 0.6) is 5.75 Å². The van der Waals surface area contributed by atoms with Crippen LogP contribution in [0.15, 0.2) is 52.4 Å². The molecule has 0 saturated carbocycles. The van der Waals surface area contributed by atoms with Gasteiger partial charge in [-0.2, -0.15) is 9.57 Å². The van der Waals surface area contributed by atoms with E-state index in [0.717, 1.165) is 12.8 Å². The average molecular weight is 504 g/mol. The van der Waals surface area contributed by atoms with Crippen molar-refractivity contribution in [3.05, 3.63) is 53.1 Å². The standard InChI is InChI=1S/C23H26ClN5O4S/c1-23(2)21(30)20(28-22(26-14-25)27-16-7-5-15(24)6-8-16)18-13-17(9-10-19(18)33-23)34(31,32)29-11-3-4-12-29/h5-10,13,20-21,30H,3-4,11-12H2,1-2H3,(H2,26,27,28)/t20-,21+/m1/s1. The van der Waals surface area contributed by atoms with Gasteiger partial charge in [-0.15, -0.1) is 0 Å². The van der Waals surface area contributed by atoms with E-state index in [9.17, 15) is 18.8 Å². The van der Waals surface area contributed by atoms with E-state index in [1.165, 1.54) is 16.4 Å². The molecule has 4 rings (SSSR count). The molecule has 11 heteroatoms. The number of aliphatic hydroxyl groups excluding tert-OH is 1. The maximum absolute atomic E-state index is 13.1. The van der Waals surface area contributed by atoms with E-state index in [1.807, 2.05) is 6.19 Å². The second-order valence-electron chi connectivity index (χ2n) is 8.75. The number of halogens is 1. The van der Waals surface area contributed by atoms with Gasteiger partial charge in [-0.3, -0.25) is 5.32 Å². The zero-order chi connectivity index (χ0) is 24.5. The number of ether oxygens (including phenoxy) is 1. The number of nitrogens with one attached hydrogen (secondary N) is 2. The molecule has 180 valence electrons. The summed E-state index contributed by atoms with van der Waals surface area (Å²) in [6.07, 6.45) is 2.37. The number of hydrogen-bond donors (Lipinski definition) is 3. The van der Waals surface area contributed by atoms with E-state index in [4.69, 9.17) is 16.3 Å². The largest absolute Gasteiger partial charge is 0.485 e. The van der Waals surface area contributed by atoms with Gasteiger partial charge < -0.3 is 15.2 Å². The van der Waals surface area contributed by atoms with Gasteiger partial charge in [0.25, 0.3) is 0 Å². The van der Waals surface area contributed by atoms with Crippen molar-refractivity contribution < 1.29 is 18.3 Å². The number of hydrogen-bond acceptors (Lipinski definition) is 6. The summed E-state index contributed by atoms with van der Waals surface area (Å²) < 4.78 is 33.7. The van der Waals surface area contributed by atoms with Gasteiger partial charge in [-0.1, -0.05) is 11.6 Å². The lowest BCUT2D eigenvalue weighted by molar-refractivity contribution is -0.0568. The highest BCUT2D eigenvalue weighted by molar-refractivity contribution is 7.89. The van der Waals surface area contributed by atoms with Crippen molar-refractivity contribution in [1.82, 2.24) is 9.62 Å². The first-order valence-electron chi connectivity index (χ1n) is 10.9. The molecule has 0 unspecified atom stereocenters. The maximum Gasteiger partial charge on any atom is 0.243 e. The SMILES string of the molecule is CC1(C)Oc2ccc(S(=O)(=O)N3CCCC3)cc2[C@@H](N=C(NC#N)Nc2ccc(Cl)cc2)[C@@H]1O. The molecule has 1 fully saturated rings. The van der Waals surface area contributed by atoms with Crippen LogP contribution in [0.4, 0.5) is 5.69 Å². The van der Waals surface area contributed by atoms with Crippen molar-refractivity contribution in [2.45, 2.75) is 49.3 Å². The Morgan fingerprint density at radius 1 is 1.24 bits per heavy atom. The van der Waals surface area contributed by atoms with Gasteiger partial charge in [0.15, 0.2) is 6.19 Å². The molecule has 3 N–H and O–H groups in total. The zero-order valence-electron chi connectivity index (χ0n) is 18.8. The maximum atomic E-state index is 13.1. The average Bonchev–Trinajstić information content (AvgIpc) is 3.34. The molecule has 2 heterocycles. The van der Waals surface area contributed by atoms with Crippen LogP contribution in [0.25, 0.3) is 0 Å². The van der Waals surface area contributed by atoms with E-state index in [2.05, 4.69) is 15.6 Å². The molecule has 1 saturated heterocycles. The molecule has 9 nitrogen and oxygen atoms in total. The number of benzene rings is 2. The van der Waals surface area contributed by atoms with Crippen LogP contribution in [0.1, 0.15) is 38.3 Å². The molecule has 0 radical (unpaired) electrons. The fourth-order valence-electron chi connectivity index (χ4n) is 4.08. The van der Waals surface area contributed by atoms with Crippen molar-refractivity contribution in [3.8, 4) is 11.9 Å². The van der Waals surface area contributed by atoms with E-state index >= 15 is 0 Å². The number of aliphatic hydroxyl groups is 1. The molecule has 2 aliphatic rings. The first-order valence-corrected chi connectivity index (χ1v) is 12.7. The minimum Gasteiger partial charge on any atom is -0.485 e. The Hall–Kier alpha value is -2.84. The molecule has 0 bridgehead atoms. The molecule has 2 aromatic rings. The normalized spacial score (nSPS) is 22.4. The minimum absolute atomic E-state index is 0.0883. The highest BCUT2D eigenvalue weighted by Crippen LogP contribution is 2.43. The highest BCUT2D eigenvalue weighted by atomic mass is 35.5. The predicted molar refractivity (Wildman–Crippen MR) is 129 cm³/mol. The summed E-state index contributed by atoms with van der Waals surface area (Å²) in [4.78, 5) is 4.70. The number of nitrogens with zero attached hydrogens (tertiary/aromatic N) is 3. The van der Waals surface area contributed by atoms with Gasteiger partial charge in [0.05, 0.1) is 4.90 Å². The smallest absolute Gasteiger partial charge is 0.243 e. The Labute approximate surface area is 204 Å².